The van der Waals surface area contributed by atoms with Crippen LogP contribution in [0.15, 0.2) is 24.4 Å². The lowest BCUT2D eigenvalue weighted by atomic mass is 9.80. The van der Waals surface area contributed by atoms with Gasteiger partial charge in [0.15, 0.2) is 5.78 Å². The number of nitrogens with zero attached hydrogens (tertiary/aromatic N) is 2. The quantitative estimate of drug-likeness (QED) is 0.852. The van der Waals surface area contributed by atoms with Crippen LogP contribution in [0.25, 0.3) is 0 Å². The maximum Gasteiger partial charge on any atom is 0.270 e. The summed E-state index contributed by atoms with van der Waals surface area (Å²) in [6, 6.07) is 4.67. The number of Topliss-reactive ketones (excluding diaryl/α,β-unsaturated/α-hetero) is 1. The fraction of sp³-hybridized carbons (Fsp3) is 0.500. The number of carbonyl (C=O) groups is 2. The standard InChI is InChI=1S/C14H19N3O2/c1-14(2)9-17(3)8-11(12(14)18)16-13(19)10-6-4-5-7-15-10/h4-7,11H,8-9H2,1-3H3,(H,16,19). The fourth-order valence-corrected chi connectivity index (χ4v) is 2.52. The fourth-order valence-electron chi connectivity index (χ4n) is 2.52. The second-order valence-electron chi connectivity index (χ2n) is 5.69. The number of ketones is 1. The monoisotopic (exact) mass is 261 g/mol. The van der Waals surface area contributed by atoms with Gasteiger partial charge in [0.25, 0.3) is 5.91 Å². The summed E-state index contributed by atoms with van der Waals surface area (Å²) in [4.78, 5) is 30.4. The highest BCUT2D eigenvalue weighted by atomic mass is 16.2. The third kappa shape index (κ3) is 2.98. The molecular weight excluding hydrogens is 242 g/mol. The molecule has 1 aliphatic heterocycles. The molecule has 2 heterocycles. The lowest BCUT2D eigenvalue weighted by molar-refractivity contribution is -0.133. The third-order valence-electron chi connectivity index (χ3n) is 3.35. The highest BCUT2D eigenvalue weighted by Gasteiger charge is 2.40. The molecule has 1 fully saturated rings. The molecule has 1 amide bonds. The predicted molar refractivity (Wildman–Crippen MR) is 71.8 cm³/mol. The van der Waals surface area contributed by atoms with Crippen LogP contribution in [-0.4, -0.2) is 47.8 Å². The SMILES string of the molecule is CN1CC(NC(=O)c2ccccn2)C(=O)C(C)(C)C1. The first-order valence-corrected chi connectivity index (χ1v) is 6.35. The van der Waals surface area contributed by atoms with Crippen LogP contribution >= 0.6 is 0 Å². The summed E-state index contributed by atoms with van der Waals surface area (Å²) < 4.78 is 0. The predicted octanol–water partition coefficient (Wildman–Crippen LogP) is 0.721. The van der Waals surface area contributed by atoms with Crippen molar-refractivity contribution >= 4 is 11.7 Å². The Bertz CT molecular complexity index is 485. The van der Waals surface area contributed by atoms with Crippen LogP contribution in [0.4, 0.5) is 0 Å². The van der Waals surface area contributed by atoms with Crippen LogP contribution in [0.1, 0.15) is 24.3 Å². The lowest BCUT2D eigenvalue weighted by Gasteiger charge is -2.39. The highest BCUT2D eigenvalue weighted by molar-refractivity contribution is 5.98. The van der Waals surface area contributed by atoms with E-state index in [2.05, 4.69) is 15.2 Å². The van der Waals surface area contributed by atoms with Gasteiger partial charge >= 0.3 is 0 Å². The van der Waals surface area contributed by atoms with E-state index in [1.165, 1.54) is 0 Å². The number of likely N-dealkylation sites (N-methyl/N-ethyl adjacent to an activating group) is 1. The molecule has 1 aliphatic rings. The smallest absolute Gasteiger partial charge is 0.270 e. The Morgan fingerprint density at radius 1 is 1.47 bits per heavy atom. The number of piperidine rings is 1. The van der Waals surface area contributed by atoms with Crippen LogP contribution in [0.5, 0.6) is 0 Å². The molecule has 1 saturated heterocycles. The lowest BCUT2D eigenvalue weighted by Crippen LogP contribution is -2.59. The van der Waals surface area contributed by atoms with Crippen LogP contribution in [0.2, 0.25) is 0 Å². The topological polar surface area (TPSA) is 62.3 Å². The van der Waals surface area contributed by atoms with E-state index in [1.54, 1.807) is 24.4 Å². The Labute approximate surface area is 113 Å². The molecule has 2 rings (SSSR count). The molecule has 0 bridgehead atoms. The van der Waals surface area contributed by atoms with Crippen LogP contribution in [0, 0.1) is 5.41 Å². The van der Waals surface area contributed by atoms with Gasteiger partial charge in [0.05, 0.1) is 0 Å². The van der Waals surface area contributed by atoms with Gasteiger partial charge in [-0.15, -0.1) is 0 Å². The molecule has 19 heavy (non-hydrogen) atoms. The number of carbonyl (C=O) groups excluding carboxylic acids is 2. The van der Waals surface area contributed by atoms with Gasteiger partial charge in [-0.3, -0.25) is 14.6 Å². The molecule has 5 nitrogen and oxygen atoms in total. The van der Waals surface area contributed by atoms with Crippen molar-refractivity contribution in [1.29, 1.82) is 0 Å². The zero-order valence-corrected chi connectivity index (χ0v) is 11.5. The Kier molecular flexibility index (Phi) is 3.66. The van der Waals surface area contributed by atoms with E-state index in [0.29, 0.717) is 18.8 Å². The first kappa shape index (κ1) is 13.7. The number of likely N-dealkylation sites (tertiary alicyclic amines) is 1. The number of hydrogen-bond acceptors (Lipinski definition) is 4. The Morgan fingerprint density at radius 3 is 2.84 bits per heavy atom. The van der Waals surface area contributed by atoms with Crippen molar-refractivity contribution in [1.82, 2.24) is 15.2 Å². The zero-order chi connectivity index (χ0) is 14.0. The summed E-state index contributed by atoms with van der Waals surface area (Å²) in [6.07, 6.45) is 1.56. The van der Waals surface area contributed by atoms with Gasteiger partial charge in [0, 0.05) is 24.7 Å². The molecule has 102 valence electrons. The molecule has 1 N–H and O–H groups in total. The Morgan fingerprint density at radius 2 is 2.21 bits per heavy atom. The summed E-state index contributed by atoms with van der Waals surface area (Å²) in [7, 11) is 1.95. The minimum Gasteiger partial charge on any atom is -0.340 e. The summed E-state index contributed by atoms with van der Waals surface area (Å²) in [5.74, 6) is -0.222. The average molecular weight is 261 g/mol. The van der Waals surface area contributed by atoms with Crippen LogP contribution in [0.3, 0.4) is 0 Å². The van der Waals surface area contributed by atoms with E-state index in [1.807, 2.05) is 20.9 Å². The average Bonchev–Trinajstić information content (AvgIpc) is 2.36. The molecule has 1 aromatic heterocycles. The zero-order valence-electron chi connectivity index (χ0n) is 11.5. The van der Waals surface area contributed by atoms with E-state index in [0.717, 1.165) is 0 Å². The highest BCUT2D eigenvalue weighted by Crippen LogP contribution is 2.24. The van der Waals surface area contributed by atoms with E-state index in [4.69, 9.17) is 0 Å². The van der Waals surface area contributed by atoms with E-state index in [9.17, 15) is 9.59 Å². The summed E-state index contributed by atoms with van der Waals surface area (Å²) >= 11 is 0. The van der Waals surface area contributed by atoms with Crippen molar-refractivity contribution < 1.29 is 9.59 Å². The Balaban J connectivity index is 2.10. The molecule has 0 saturated carbocycles. The van der Waals surface area contributed by atoms with Gasteiger partial charge in [-0.2, -0.15) is 0 Å². The molecule has 1 aromatic rings. The van der Waals surface area contributed by atoms with Crippen molar-refractivity contribution in [2.24, 2.45) is 5.41 Å². The molecule has 1 atom stereocenters. The minimum absolute atomic E-state index is 0.0786. The molecule has 0 aromatic carbocycles. The van der Waals surface area contributed by atoms with Crippen LogP contribution in [-0.2, 0) is 4.79 Å². The molecule has 0 radical (unpaired) electrons. The first-order chi connectivity index (χ1) is 8.90. The number of nitrogens with one attached hydrogen (secondary N) is 1. The van der Waals surface area contributed by atoms with Gasteiger partial charge in [-0.25, -0.2) is 0 Å². The van der Waals surface area contributed by atoms with E-state index < -0.39 is 11.5 Å². The maximum atomic E-state index is 12.3. The molecule has 1 unspecified atom stereocenters. The van der Waals surface area contributed by atoms with Crippen molar-refractivity contribution in [3.8, 4) is 0 Å². The summed E-state index contributed by atoms with van der Waals surface area (Å²) in [5, 5.41) is 2.78. The van der Waals surface area contributed by atoms with Crippen molar-refractivity contribution in [2.45, 2.75) is 19.9 Å². The Hall–Kier alpha value is -1.75. The summed E-state index contributed by atoms with van der Waals surface area (Å²) in [5.41, 5.74) is -0.101. The van der Waals surface area contributed by atoms with E-state index >= 15 is 0 Å². The van der Waals surface area contributed by atoms with Gasteiger partial charge in [0.2, 0.25) is 0 Å². The number of hydrogen-bond donors (Lipinski definition) is 1. The largest absolute Gasteiger partial charge is 0.340 e. The van der Waals surface area contributed by atoms with Gasteiger partial charge in [-0.05, 0) is 19.2 Å². The third-order valence-corrected chi connectivity index (χ3v) is 3.35. The van der Waals surface area contributed by atoms with Gasteiger partial charge in [0.1, 0.15) is 11.7 Å². The van der Waals surface area contributed by atoms with Gasteiger partial charge < -0.3 is 10.2 Å². The first-order valence-electron chi connectivity index (χ1n) is 6.35. The van der Waals surface area contributed by atoms with Gasteiger partial charge in [-0.1, -0.05) is 19.9 Å². The van der Waals surface area contributed by atoms with Crippen LogP contribution < -0.4 is 5.32 Å². The normalized spacial score (nSPS) is 23.1. The molecule has 5 heteroatoms. The van der Waals surface area contributed by atoms with Crippen molar-refractivity contribution in [2.75, 3.05) is 20.1 Å². The number of pyridine rings is 1. The summed E-state index contributed by atoms with van der Waals surface area (Å²) in [6.45, 7) is 5.07. The molecule has 0 aliphatic carbocycles. The van der Waals surface area contributed by atoms with Crippen molar-refractivity contribution in [3.63, 3.8) is 0 Å². The maximum absolute atomic E-state index is 12.3. The van der Waals surface area contributed by atoms with Crippen molar-refractivity contribution in [3.05, 3.63) is 30.1 Å². The number of rotatable bonds is 2. The minimum atomic E-state index is -0.469. The number of amides is 1. The second-order valence-corrected chi connectivity index (χ2v) is 5.69. The second kappa shape index (κ2) is 5.09. The number of aromatic nitrogens is 1. The molecular formula is C14H19N3O2. The van der Waals surface area contributed by atoms with E-state index in [-0.39, 0.29) is 11.7 Å². The molecule has 0 spiro atoms.